The number of nitrogens with one attached hydrogen (secondary N) is 1. The molecule has 18 heavy (non-hydrogen) atoms. The van der Waals surface area contributed by atoms with E-state index >= 15 is 0 Å². The van der Waals surface area contributed by atoms with Crippen LogP contribution in [-0.4, -0.2) is 32.2 Å². The van der Waals surface area contributed by atoms with Crippen LogP contribution in [0.15, 0.2) is 24.3 Å². The Bertz CT molecular complexity index is 385. The Kier molecular flexibility index (Phi) is 6.32. The molecule has 0 aromatic heterocycles. The summed E-state index contributed by atoms with van der Waals surface area (Å²) >= 11 is 0. The van der Waals surface area contributed by atoms with E-state index in [2.05, 4.69) is 5.32 Å². The van der Waals surface area contributed by atoms with Crippen molar-refractivity contribution in [2.45, 2.75) is 18.9 Å². The lowest BCUT2D eigenvalue weighted by Crippen LogP contribution is -2.41. The van der Waals surface area contributed by atoms with E-state index in [0.29, 0.717) is 26.0 Å². The maximum absolute atomic E-state index is 12.9. The van der Waals surface area contributed by atoms with Crippen LogP contribution in [0, 0.1) is 5.82 Å². The van der Waals surface area contributed by atoms with Crippen molar-refractivity contribution in [3.8, 4) is 0 Å². The van der Waals surface area contributed by atoms with Crippen LogP contribution in [0.25, 0.3) is 0 Å². The van der Waals surface area contributed by atoms with Gasteiger partial charge in [0.2, 0.25) is 5.91 Å². The van der Waals surface area contributed by atoms with Gasteiger partial charge in [0.05, 0.1) is 6.04 Å². The minimum Gasteiger partial charge on any atom is -0.385 e. The molecule has 0 saturated heterocycles. The van der Waals surface area contributed by atoms with Gasteiger partial charge in [-0.05, 0) is 30.5 Å². The first-order valence-corrected chi connectivity index (χ1v) is 5.90. The van der Waals surface area contributed by atoms with Gasteiger partial charge in [0.1, 0.15) is 5.82 Å². The van der Waals surface area contributed by atoms with Crippen molar-refractivity contribution in [1.82, 2.24) is 5.32 Å². The van der Waals surface area contributed by atoms with Crippen molar-refractivity contribution in [3.05, 3.63) is 35.6 Å². The summed E-state index contributed by atoms with van der Waals surface area (Å²) in [6.07, 6.45) is 1.07. The minimum absolute atomic E-state index is 0.205. The molecule has 5 heteroatoms. The Hall–Kier alpha value is -1.46. The van der Waals surface area contributed by atoms with Crippen LogP contribution in [0.3, 0.4) is 0 Å². The average molecular weight is 254 g/mol. The molecule has 1 rings (SSSR count). The molecule has 0 aliphatic heterocycles. The van der Waals surface area contributed by atoms with Gasteiger partial charge < -0.3 is 15.8 Å². The lowest BCUT2D eigenvalue weighted by Gasteiger charge is -2.11. The highest BCUT2D eigenvalue weighted by Gasteiger charge is 2.11. The fourth-order valence-corrected chi connectivity index (χ4v) is 1.53. The third kappa shape index (κ3) is 5.25. The first-order chi connectivity index (χ1) is 8.63. The van der Waals surface area contributed by atoms with Crippen LogP contribution < -0.4 is 11.1 Å². The second kappa shape index (κ2) is 7.79. The van der Waals surface area contributed by atoms with Gasteiger partial charge in [0.25, 0.3) is 0 Å². The van der Waals surface area contributed by atoms with Gasteiger partial charge in [-0.2, -0.15) is 0 Å². The van der Waals surface area contributed by atoms with E-state index in [1.54, 1.807) is 13.2 Å². The van der Waals surface area contributed by atoms with Crippen LogP contribution in [0.5, 0.6) is 0 Å². The Morgan fingerprint density at radius 1 is 1.56 bits per heavy atom. The summed E-state index contributed by atoms with van der Waals surface area (Å²) in [5, 5.41) is 2.72. The fraction of sp³-hybridized carbons (Fsp3) is 0.462. The molecule has 4 nitrogen and oxygen atoms in total. The van der Waals surface area contributed by atoms with Crippen molar-refractivity contribution >= 4 is 5.91 Å². The van der Waals surface area contributed by atoms with Crippen LogP contribution in [-0.2, 0) is 16.0 Å². The molecule has 0 aliphatic carbocycles. The highest BCUT2D eigenvalue weighted by molar-refractivity contribution is 5.81. The molecule has 1 aromatic carbocycles. The molecule has 0 bridgehead atoms. The second-order valence-corrected chi connectivity index (χ2v) is 4.06. The summed E-state index contributed by atoms with van der Waals surface area (Å²) in [4.78, 5) is 11.5. The van der Waals surface area contributed by atoms with Gasteiger partial charge in [-0.25, -0.2) is 4.39 Å². The summed E-state index contributed by atoms with van der Waals surface area (Å²) in [6, 6.07) is 5.76. The molecule has 1 amide bonds. The summed E-state index contributed by atoms with van der Waals surface area (Å²) in [5.41, 5.74) is 6.50. The highest BCUT2D eigenvalue weighted by Crippen LogP contribution is 2.03. The monoisotopic (exact) mass is 254 g/mol. The normalized spacial score (nSPS) is 12.2. The standard InChI is InChI=1S/C13H19FN2O2/c1-18-8-6-12(15)13(17)16-7-5-10-3-2-4-11(14)9-10/h2-4,9,12H,5-8,15H2,1H3,(H,16,17). The predicted molar refractivity (Wildman–Crippen MR) is 67.6 cm³/mol. The number of benzene rings is 1. The van der Waals surface area contributed by atoms with Gasteiger partial charge in [-0.1, -0.05) is 12.1 Å². The van der Waals surface area contributed by atoms with Crippen molar-refractivity contribution in [2.24, 2.45) is 5.73 Å². The zero-order valence-corrected chi connectivity index (χ0v) is 10.5. The Morgan fingerprint density at radius 3 is 3.00 bits per heavy atom. The number of amides is 1. The maximum Gasteiger partial charge on any atom is 0.237 e. The quantitative estimate of drug-likeness (QED) is 0.758. The molecule has 0 heterocycles. The van der Waals surface area contributed by atoms with E-state index in [1.165, 1.54) is 12.1 Å². The van der Waals surface area contributed by atoms with E-state index in [0.717, 1.165) is 5.56 Å². The average Bonchev–Trinajstić information content (AvgIpc) is 2.35. The molecule has 100 valence electrons. The molecule has 1 atom stereocenters. The van der Waals surface area contributed by atoms with Gasteiger partial charge in [-0.15, -0.1) is 0 Å². The first-order valence-electron chi connectivity index (χ1n) is 5.90. The molecule has 1 unspecified atom stereocenters. The molecule has 0 saturated carbocycles. The van der Waals surface area contributed by atoms with Crippen LogP contribution >= 0.6 is 0 Å². The lowest BCUT2D eigenvalue weighted by molar-refractivity contribution is -0.122. The van der Waals surface area contributed by atoms with Gasteiger partial charge >= 0.3 is 0 Å². The Labute approximate surface area is 106 Å². The van der Waals surface area contributed by atoms with Crippen molar-refractivity contribution in [3.63, 3.8) is 0 Å². The Morgan fingerprint density at radius 2 is 2.33 bits per heavy atom. The van der Waals surface area contributed by atoms with Crippen LogP contribution in [0.1, 0.15) is 12.0 Å². The Balaban J connectivity index is 2.27. The van der Waals surface area contributed by atoms with E-state index in [1.807, 2.05) is 6.07 Å². The molecular weight excluding hydrogens is 235 g/mol. The van der Waals surface area contributed by atoms with Crippen molar-refractivity contribution in [2.75, 3.05) is 20.3 Å². The summed E-state index contributed by atoms with van der Waals surface area (Å²) < 4.78 is 17.7. The second-order valence-electron chi connectivity index (χ2n) is 4.06. The number of ether oxygens (including phenoxy) is 1. The number of hydrogen-bond acceptors (Lipinski definition) is 3. The molecule has 1 aromatic rings. The number of nitrogens with two attached hydrogens (primary N) is 1. The van der Waals surface area contributed by atoms with Crippen LogP contribution in [0.4, 0.5) is 4.39 Å². The number of carbonyl (C=O) groups excluding carboxylic acids is 1. The number of hydrogen-bond donors (Lipinski definition) is 2. The molecule has 3 N–H and O–H groups in total. The fourth-order valence-electron chi connectivity index (χ4n) is 1.53. The summed E-state index contributed by atoms with van der Waals surface area (Å²) in [7, 11) is 1.56. The third-order valence-electron chi connectivity index (χ3n) is 2.57. The van der Waals surface area contributed by atoms with Gasteiger partial charge in [0.15, 0.2) is 0 Å². The highest BCUT2D eigenvalue weighted by atomic mass is 19.1. The van der Waals surface area contributed by atoms with Crippen molar-refractivity contribution in [1.29, 1.82) is 0 Å². The molecule has 0 aliphatic rings. The van der Waals surface area contributed by atoms with Gasteiger partial charge in [0, 0.05) is 20.3 Å². The topological polar surface area (TPSA) is 64.3 Å². The SMILES string of the molecule is COCCC(N)C(=O)NCCc1cccc(F)c1. The van der Waals surface area contributed by atoms with E-state index < -0.39 is 6.04 Å². The molecule has 0 radical (unpaired) electrons. The number of carbonyl (C=O) groups is 1. The van der Waals surface area contributed by atoms with E-state index in [4.69, 9.17) is 10.5 Å². The number of methoxy groups -OCH3 is 1. The zero-order valence-electron chi connectivity index (χ0n) is 10.5. The summed E-state index contributed by atoms with van der Waals surface area (Å²) in [5.74, 6) is -0.473. The zero-order chi connectivity index (χ0) is 13.4. The lowest BCUT2D eigenvalue weighted by atomic mass is 10.1. The smallest absolute Gasteiger partial charge is 0.237 e. The molecule has 0 spiro atoms. The first kappa shape index (κ1) is 14.6. The largest absolute Gasteiger partial charge is 0.385 e. The van der Waals surface area contributed by atoms with Gasteiger partial charge in [-0.3, -0.25) is 4.79 Å². The maximum atomic E-state index is 12.9. The number of rotatable bonds is 7. The summed E-state index contributed by atoms with van der Waals surface area (Å²) in [6.45, 7) is 0.904. The van der Waals surface area contributed by atoms with E-state index in [9.17, 15) is 9.18 Å². The van der Waals surface area contributed by atoms with E-state index in [-0.39, 0.29) is 11.7 Å². The number of halogens is 1. The molecule has 0 fully saturated rings. The third-order valence-corrected chi connectivity index (χ3v) is 2.57. The predicted octanol–water partition coefficient (Wildman–Crippen LogP) is 0.848. The minimum atomic E-state index is -0.558. The van der Waals surface area contributed by atoms with Crippen LogP contribution in [0.2, 0.25) is 0 Å². The van der Waals surface area contributed by atoms with Crippen molar-refractivity contribution < 1.29 is 13.9 Å². The molecular formula is C13H19FN2O2.